The van der Waals surface area contributed by atoms with Gasteiger partial charge in [0.15, 0.2) is 0 Å². The third kappa shape index (κ3) is 7.72. The molecule has 400 valence electrons. The van der Waals surface area contributed by atoms with Crippen LogP contribution in [0.25, 0.3) is 0 Å². The van der Waals surface area contributed by atoms with Crippen molar-refractivity contribution in [3.05, 3.63) is 213 Å². The number of benzene rings is 8. The maximum Gasteiger partial charge on any atom is 0.252 e. The van der Waals surface area contributed by atoms with E-state index in [0.29, 0.717) is 0 Å². The van der Waals surface area contributed by atoms with Crippen LogP contribution >= 0.6 is 0 Å². The Bertz CT molecular complexity index is 3760. The van der Waals surface area contributed by atoms with Crippen molar-refractivity contribution in [1.29, 1.82) is 0 Å². The Morgan fingerprint density at radius 2 is 0.861 bits per heavy atom. The van der Waals surface area contributed by atoms with E-state index in [0.717, 1.165) is 42.7 Å². The minimum absolute atomic E-state index is 0.00314. The predicted molar refractivity (Wildman–Crippen MR) is 340 cm³/mol. The average Bonchev–Trinajstić information content (AvgIpc) is 3.73. The molecule has 3 nitrogen and oxygen atoms in total. The van der Waals surface area contributed by atoms with Gasteiger partial charge in [0.25, 0.3) is 6.71 Å². The van der Waals surface area contributed by atoms with Gasteiger partial charge >= 0.3 is 0 Å². The monoisotopic (exact) mass is 1040 g/mol. The van der Waals surface area contributed by atoms with Gasteiger partial charge in [0, 0.05) is 50.9 Å². The van der Waals surface area contributed by atoms with E-state index >= 15 is 0 Å². The van der Waals surface area contributed by atoms with Crippen molar-refractivity contribution in [3.63, 3.8) is 0 Å². The number of anilines is 9. The van der Waals surface area contributed by atoms with Crippen LogP contribution in [0.15, 0.2) is 158 Å². The van der Waals surface area contributed by atoms with E-state index in [1.54, 1.807) is 0 Å². The first-order valence-corrected chi connectivity index (χ1v) is 29.6. The average molecular weight is 1040 g/mol. The van der Waals surface area contributed by atoms with Gasteiger partial charge in [-0.3, -0.25) is 0 Å². The van der Waals surface area contributed by atoms with E-state index in [1.807, 2.05) is 0 Å². The number of hydrogen-bond acceptors (Lipinski definition) is 3. The van der Waals surface area contributed by atoms with Crippen molar-refractivity contribution in [2.24, 2.45) is 0 Å². The first kappa shape index (κ1) is 51.6. The van der Waals surface area contributed by atoms with Crippen molar-refractivity contribution < 1.29 is 0 Å². The predicted octanol–water partition coefficient (Wildman–Crippen LogP) is 18.4. The summed E-state index contributed by atoms with van der Waals surface area (Å²) >= 11 is 0. The van der Waals surface area contributed by atoms with Crippen LogP contribution in [0.5, 0.6) is 0 Å². The molecule has 0 saturated heterocycles. The lowest BCUT2D eigenvalue weighted by Crippen LogP contribution is -2.62. The van der Waals surface area contributed by atoms with Crippen LogP contribution in [0.2, 0.25) is 0 Å². The highest BCUT2D eigenvalue weighted by molar-refractivity contribution is 7.00. The quantitative estimate of drug-likeness (QED) is 0.147. The molecule has 2 heterocycles. The van der Waals surface area contributed by atoms with E-state index in [2.05, 4.69) is 283 Å². The van der Waals surface area contributed by atoms with Crippen LogP contribution in [0, 0.1) is 13.8 Å². The standard InChI is InChI=1S/C75H82BN3/c1-47-38-55-58(73(11,12)45-72(55,9)10)43-63(47)79-64-44-57-56(69(3,4)36-37-70(57,5)6)42-60(64)76-59-39-50(75(15,16)49-26-20-17-21-27-49)32-34-62(59)78(61-35-33-54-67(48(61)2)74(13,14)46-71(54,7)8)65-40-53(41-66(79)68(65)76)77(51-28-22-18-23-29-51)52-30-24-19-25-31-52/h17-35,38-44H,36-37,45-46H2,1-16H3. The minimum Gasteiger partial charge on any atom is -0.311 e. The number of rotatable bonds is 7. The third-order valence-electron chi connectivity index (χ3n) is 20.4. The van der Waals surface area contributed by atoms with Gasteiger partial charge < -0.3 is 14.7 Å². The highest BCUT2D eigenvalue weighted by Crippen LogP contribution is 2.58. The van der Waals surface area contributed by atoms with Gasteiger partial charge in [-0.15, -0.1) is 0 Å². The Kier molecular flexibility index (Phi) is 11.2. The number of fused-ring (bicyclic) bond motifs is 7. The Hall–Kier alpha value is -6.78. The lowest BCUT2D eigenvalue weighted by molar-refractivity contribution is 0.332. The largest absolute Gasteiger partial charge is 0.311 e. The van der Waals surface area contributed by atoms with Crippen LogP contribution < -0.4 is 31.1 Å². The van der Waals surface area contributed by atoms with Crippen molar-refractivity contribution in [2.75, 3.05) is 14.7 Å². The lowest BCUT2D eigenvalue weighted by atomic mass is 9.33. The van der Waals surface area contributed by atoms with Gasteiger partial charge in [0.1, 0.15) is 0 Å². The number of para-hydroxylation sites is 2. The zero-order valence-corrected chi connectivity index (χ0v) is 50.3. The summed E-state index contributed by atoms with van der Waals surface area (Å²) in [6, 6.07) is 61.6. The van der Waals surface area contributed by atoms with Gasteiger partial charge in [-0.25, -0.2) is 0 Å². The van der Waals surface area contributed by atoms with E-state index in [-0.39, 0.29) is 44.6 Å². The molecular formula is C75H82BN3. The van der Waals surface area contributed by atoms with E-state index in [9.17, 15) is 0 Å². The van der Waals surface area contributed by atoms with E-state index < -0.39 is 0 Å². The first-order chi connectivity index (χ1) is 37.2. The van der Waals surface area contributed by atoms with Crippen molar-refractivity contribution in [3.8, 4) is 0 Å². The molecule has 0 N–H and O–H groups in total. The molecule has 79 heavy (non-hydrogen) atoms. The second kappa shape index (κ2) is 17.1. The molecule has 0 aromatic heterocycles. The molecule has 0 saturated carbocycles. The van der Waals surface area contributed by atoms with E-state index in [1.165, 1.54) is 106 Å². The molecular weight excluding hydrogens is 954 g/mol. The first-order valence-electron chi connectivity index (χ1n) is 29.6. The number of aryl methyl sites for hydroxylation is 1. The van der Waals surface area contributed by atoms with E-state index in [4.69, 9.17) is 0 Å². The molecule has 0 spiro atoms. The fourth-order valence-corrected chi connectivity index (χ4v) is 16.7. The molecule has 8 aromatic carbocycles. The summed E-state index contributed by atoms with van der Waals surface area (Å²) < 4.78 is 0. The summed E-state index contributed by atoms with van der Waals surface area (Å²) in [4.78, 5) is 7.98. The van der Waals surface area contributed by atoms with Crippen LogP contribution in [0.4, 0.5) is 51.2 Å². The Labute approximate surface area is 474 Å². The number of hydrogen-bond donors (Lipinski definition) is 0. The molecule has 4 heteroatoms. The molecule has 3 aliphatic carbocycles. The molecule has 13 rings (SSSR count). The second-order valence-electron chi connectivity index (χ2n) is 29.2. The summed E-state index contributed by atoms with van der Waals surface area (Å²) in [5.41, 5.74) is 29.3. The van der Waals surface area contributed by atoms with Crippen LogP contribution in [0.3, 0.4) is 0 Å². The minimum atomic E-state index is -0.257. The molecule has 0 unspecified atom stereocenters. The highest BCUT2D eigenvalue weighted by Gasteiger charge is 2.50. The van der Waals surface area contributed by atoms with Gasteiger partial charge in [-0.1, -0.05) is 194 Å². The van der Waals surface area contributed by atoms with Crippen molar-refractivity contribution in [2.45, 2.75) is 174 Å². The Morgan fingerprint density at radius 1 is 0.392 bits per heavy atom. The normalized spacial score (nSPS) is 19.0. The van der Waals surface area contributed by atoms with Crippen LogP contribution in [0.1, 0.15) is 178 Å². The molecule has 5 aliphatic rings. The Morgan fingerprint density at radius 3 is 1.46 bits per heavy atom. The van der Waals surface area contributed by atoms with Gasteiger partial charge in [0.05, 0.1) is 5.69 Å². The molecule has 8 aromatic rings. The van der Waals surface area contributed by atoms with Gasteiger partial charge in [-0.05, 0) is 205 Å². The molecule has 0 bridgehead atoms. The zero-order chi connectivity index (χ0) is 55.7. The summed E-state index contributed by atoms with van der Waals surface area (Å²) in [6.45, 7) is 39.4. The summed E-state index contributed by atoms with van der Waals surface area (Å²) in [5.74, 6) is 0. The van der Waals surface area contributed by atoms with Crippen LogP contribution in [-0.2, 0) is 37.9 Å². The Balaban J connectivity index is 1.21. The zero-order valence-electron chi connectivity index (χ0n) is 50.3. The fraction of sp³-hybridized carbons (Fsp3) is 0.360. The maximum atomic E-state index is 2.76. The second-order valence-corrected chi connectivity index (χ2v) is 29.2. The maximum absolute atomic E-state index is 2.76. The summed E-state index contributed by atoms with van der Waals surface area (Å²) in [6.07, 6.45) is 4.53. The molecule has 0 atom stereocenters. The molecule has 0 amide bonds. The van der Waals surface area contributed by atoms with Crippen molar-refractivity contribution >= 4 is 74.3 Å². The van der Waals surface area contributed by atoms with Gasteiger partial charge in [0.2, 0.25) is 0 Å². The molecule has 0 fully saturated rings. The van der Waals surface area contributed by atoms with Crippen molar-refractivity contribution in [1.82, 2.24) is 0 Å². The smallest absolute Gasteiger partial charge is 0.252 e. The fourth-order valence-electron chi connectivity index (χ4n) is 16.7. The molecule has 0 radical (unpaired) electrons. The summed E-state index contributed by atoms with van der Waals surface area (Å²) in [7, 11) is 0. The van der Waals surface area contributed by atoms with Gasteiger partial charge in [-0.2, -0.15) is 0 Å². The topological polar surface area (TPSA) is 9.72 Å². The number of nitrogens with zero attached hydrogens (tertiary/aromatic N) is 3. The lowest BCUT2D eigenvalue weighted by Gasteiger charge is -2.48. The molecule has 2 aliphatic heterocycles. The third-order valence-corrected chi connectivity index (χ3v) is 20.4. The highest BCUT2D eigenvalue weighted by atomic mass is 15.2. The summed E-state index contributed by atoms with van der Waals surface area (Å²) in [5, 5.41) is 0. The van der Waals surface area contributed by atoms with Crippen LogP contribution in [-0.4, -0.2) is 6.71 Å². The SMILES string of the molecule is Cc1cc2c(cc1N1c3cc4c(cc3B3c5cc(C(C)(C)c6ccccc6)ccc5N(c5ccc6c(c5C)C(C)(C)CC6(C)C)c5cc(N(c6ccccc6)c6ccccc6)cc1c53)C(C)(C)CCC4(C)C)C(C)(C)CC2(C)C.